The molecule has 0 saturated heterocycles. The van der Waals surface area contributed by atoms with Crippen LogP contribution in [0, 0.1) is 18.3 Å². The summed E-state index contributed by atoms with van der Waals surface area (Å²) in [5, 5.41) is 9.13. The number of hydrogen-bond acceptors (Lipinski definition) is 1. The highest BCUT2D eigenvalue weighted by Gasteiger charge is 2.02. The number of nitrogens with zero attached hydrogens (tertiary/aromatic N) is 1. The van der Waals surface area contributed by atoms with E-state index in [1.54, 1.807) is 0 Å². The first kappa shape index (κ1) is 9.57. The fourth-order valence-electron chi connectivity index (χ4n) is 0.938. The maximum absolute atomic E-state index is 8.48. The molecule has 0 fully saturated rings. The fourth-order valence-corrected chi connectivity index (χ4v) is 1.64. The Labute approximate surface area is 85.1 Å². The summed E-state index contributed by atoms with van der Waals surface area (Å²) in [5.41, 5.74) is 1.99. The van der Waals surface area contributed by atoms with Gasteiger partial charge in [0.15, 0.2) is 0 Å². The van der Waals surface area contributed by atoms with Gasteiger partial charge in [-0.15, -0.1) is 0 Å². The van der Waals surface area contributed by atoms with E-state index in [0.717, 1.165) is 15.6 Å². The van der Waals surface area contributed by atoms with Crippen LogP contribution in [0.25, 0.3) is 0 Å². The monoisotopic (exact) mass is 243 g/mol. The van der Waals surface area contributed by atoms with Crippen LogP contribution in [0.1, 0.15) is 11.1 Å². The van der Waals surface area contributed by atoms with Crippen molar-refractivity contribution in [2.75, 3.05) is 0 Å². The van der Waals surface area contributed by atoms with Crippen LogP contribution < -0.4 is 0 Å². The largest absolute Gasteiger partial charge is 0.198 e. The van der Waals surface area contributed by atoms with Crippen LogP contribution in [-0.4, -0.2) is 0 Å². The Hall–Kier alpha value is -0.520. The zero-order valence-electron chi connectivity index (χ0n) is 6.56. The molecule has 1 aromatic carbocycles. The van der Waals surface area contributed by atoms with E-state index in [1.807, 2.05) is 19.1 Å². The van der Waals surface area contributed by atoms with E-state index < -0.39 is 0 Å². The lowest BCUT2D eigenvalue weighted by Gasteiger charge is -2.03. The SMILES string of the molecule is Cc1cc(CC#N)c(Cl)cc1Br. The van der Waals surface area contributed by atoms with Gasteiger partial charge in [0.2, 0.25) is 0 Å². The van der Waals surface area contributed by atoms with E-state index in [9.17, 15) is 0 Å². The minimum Gasteiger partial charge on any atom is -0.198 e. The summed E-state index contributed by atoms with van der Waals surface area (Å²) in [6.45, 7) is 1.97. The predicted octanol–water partition coefficient (Wildman–Crippen LogP) is 3.48. The number of benzene rings is 1. The molecule has 0 aliphatic rings. The van der Waals surface area contributed by atoms with Gasteiger partial charge < -0.3 is 0 Å². The van der Waals surface area contributed by atoms with Crippen molar-refractivity contribution in [3.63, 3.8) is 0 Å². The molecule has 0 radical (unpaired) electrons. The Kier molecular flexibility index (Phi) is 3.13. The molecule has 0 N–H and O–H groups in total. The van der Waals surface area contributed by atoms with E-state index in [2.05, 4.69) is 22.0 Å². The van der Waals surface area contributed by atoms with E-state index in [1.165, 1.54) is 0 Å². The van der Waals surface area contributed by atoms with Gasteiger partial charge in [0.1, 0.15) is 0 Å². The molecule has 0 unspecified atom stereocenters. The molecule has 0 heterocycles. The lowest BCUT2D eigenvalue weighted by atomic mass is 10.1. The van der Waals surface area contributed by atoms with E-state index >= 15 is 0 Å². The molecular weight excluding hydrogens is 237 g/mol. The second-order valence-electron chi connectivity index (χ2n) is 2.53. The molecule has 1 rings (SSSR count). The van der Waals surface area contributed by atoms with Gasteiger partial charge in [-0.1, -0.05) is 33.6 Å². The Morgan fingerprint density at radius 3 is 2.83 bits per heavy atom. The summed E-state index contributed by atoms with van der Waals surface area (Å²) < 4.78 is 0.981. The van der Waals surface area contributed by atoms with Crippen LogP contribution in [0.2, 0.25) is 5.02 Å². The van der Waals surface area contributed by atoms with Gasteiger partial charge in [0.25, 0.3) is 0 Å². The molecule has 3 heteroatoms. The molecule has 0 aliphatic heterocycles. The summed E-state index contributed by atoms with van der Waals surface area (Å²) in [5.74, 6) is 0. The normalized spacial score (nSPS) is 9.50. The summed E-state index contributed by atoms with van der Waals surface area (Å²) >= 11 is 9.26. The lowest BCUT2D eigenvalue weighted by Crippen LogP contribution is -1.86. The lowest BCUT2D eigenvalue weighted by molar-refractivity contribution is 1.24. The molecule has 0 saturated carbocycles. The van der Waals surface area contributed by atoms with Crippen molar-refractivity contribution in [2.45, 2.75) is 13.3 Å². The molecule has 0 spiro atoms. The maximum Gasteiger partial charge on any atom is 0.0670 e. The molecule has 0 aliphatic carbocycles. The standard InChI is InChI=1S/C9H7BrClN/c1-6-4-7(2-3-12)9(11)5-8(6)10/h4-5H,2H2,1H3. The Morgan fingerprint density at radius 2 is 2.25 bits per heavy atom. The van der Waals surface area contributed by atoms with Gasteiger partial charge in [-0.05, 0) is 24.1 Å². The highest BCUT2D eigenvalue weighted by molar-refractivity contribution is 9.10. The Morgan fingerprint density at radius 1 is 1.58 bits per heavy atom. The van der Waals surface area contributed by atoms with Crippen LogP contribution in [0.5, 0.6) is 0 Å². The number of aryl methyl sites for hydroxylation is 1. The molecule has 0 aromatic heterocycles. The zero-order valence-corrected chi connectivity index (χ0v) is 8.91. The summed E-state index contributed by atoms with van der Waals surface area (Å²) in [6.07, 6.45) is 0.368. The second-order valence-corrected chi connectivity index (χ2v) is 3.79. The third-order valence-corrected chi connectivity index (χ3v) is 2.80. The third-order valence-electron chi connectivity index (χ3n) is 1.60. The topological polar surface area (TPSA) is 23.8 Å². The van der Waals surface area contributed by atoms with Crippen molar-refractivity contribution in [3.05, 3.63) is 32.8 Å². The van der Waals surface area contributed by atoms with E-state index in [0.29, 0.717) is 11.4 Å². The molecule has 12 heavy (non-hydrogen) atoms. The van der Waals surface area contributed by atoms with Gasteiger partial charge in [0.05, 0.1) is 12.5 Å². The molecule has 62 valence electrons. The van der Waals surface area contributed by atoms with Crippen LogP contribution in [0.15, 0.2) is 16.6 Å². The summed E-state index contributed by atoms with van der Waals surface area (Å²) in [7, 11) is 0. The van der Waals surface area contributed by atoms with Gasteiger partial charge in [-0.2, -0.15) is 5.26 Å². The first-order valence-corrected chi connectivity index (χ1v) is 4.63. The molecule has 0 atom stereocenters. The summed E-state index contributed by atoms with van der Waals surface area (Å²) in [6, 6.07) is 5.82. The quantitative estimate of drug-likeness (QED) is 0.742. The first-order chi connectivity index (χ1) is 5.65. The van der Waals surface area contributed by atoms with E-state index in [-0.39, 0.29) is 0 Å². The van der Waals surface area contributed by atoms with Crippen LogP contribution in [0.3, 0.4) is 0 Å². The second kappa shape index (κ2) is 3.93. The molecule has 0 bridgehead atoms. The van der Waals surface area contributed by atoms with Gasteiger partial charge >= 0.3 is 0 Å². The van der Waals surface area contributed by atoms with Crippen molar-refractivity contribution in [3.8, 4) is 6.07 Å². The number of rotatable bonds is 1. The zero-order chi connectivity index (χ0) is 9.14. The number of hydrogen-bond donors (Lipinski definition) is 0. The van der Waals surface area contributed by atoms with Gasteiger partial charge in [0, 0.05) is 9.50 Å². The summed E-state index contributed by atoms with van der Waals surface area (Å²) in [4.78, 5) is 0. The highest BCUT2D eigenvalue weighted by Crippen LogP contribution is 2.25. The van der Waals surface area contributed by atoms with Crippen LogP contribution >= 0.6 is 27.5 Å². The first-order valence-electron chi connectivity index (χ1n) is 3.46. The van der Waals surface area contributed by atoms with Crippen molar-refractivity contribution < 1.29 is 0 Å². The molecule has 0 amide bonds. The molecule has 1 aromatic rings. The van der Waals surface area contributed by atoms with Crippen molar-refractivity contribution in [1.82, 2.24) is 0 Å². The minimum absolute atomic E-state index is 0.368. The minimum atomic E-state index is 0.368. The van der Waals surface area contributed by atoms with Crippen molar-refractivity contribution >= 4 is 27.5 Å². The van der Waals surface area contributed by atoms with Gasteiger partial charge in [-0.3, -0.25) is 0 Å². The average Bonchev–Trinajstić information content (AvgIpc) is 2.01. The molecule has 1 nitrogen and oxygen atoms in total. The smallest absolute Gasteiger partial charge is 0.0670 e. The Balaban J connectivity index is 3.16. The maximum atomic E-state index is 8.48. The third kappa shape index (κ3) is 2.00. The van der Waals surface area contributed by atoms with E-state index in [4.69, 9.17) is 16.9 Å². The van der Waals surface area contributed by atoms with Crippen molar-refractivity contribution in [1.29, 1.82) is 5.26 Å². The van der Waals surface area contributed by atoms with Gasteiger partial charge in [-0.25, -0.2) is 0 Å². The van der Waals surface area contributed by atoms with Crippen molar-refractivity contribution in [2.24, 2.45) is 0 Å². The average molecular weight is 245 g/mol. The highest BCUT2D eigenvalue weighted by atomic mass is 79.9. The molecular formula is C9H7BrClN. The Bertz CT molecular complexity index is 341. The van der Waals surface area contributed by atoms with Crippen LogP contribution in [-0.2, 0) is 6.42 Å². The van der Waals surface area contributed by atoms with Crippen LogP contribution in [0.4, 0.5) is 0 Å². The number of halogens is 2. The number of nitriles is 1. The fraction of sp³-hybridized carbons (Fsp3) is 0.222. The predicted molar refractivity (Wildman–Crippen MR) is 53.2 cm³/mol.